The molecule has 0 spiro atoms. The van der Waals surface area contributed by atoms with E-state index in [4.69, 9.17) is 0 Å². The van der Waals surface area contributed by atoms with Crippen molar-refractivity contribution in [1.29, 1.82) is 0 Å². The standard InChI is InChI=1S/C9H19NP/c1-11(2,3)10-8-4-5-9(10)7-6-8/h8-9H,4-7H2,1-3H3/q+1. The summed E-state index contributed by atoms with van der Waals surface area (Å²) in [5.41, 5.74) is 0. The van der Waals surface area contributed by atoms with Gasteiger partial charge in [0, 0.05) is 12.1 Å². The minimum absolute atomic E-state index is 0.680. The first-order valence-electron chi connectivity index (χ1n) is 4.69. The molecule has 11 heavy (non-hydrogen) atoms. The quantitative estimate of drug-likeness (QED) is 0.549. The van der Waals surface area contributed by atoms with Gasteiger partial charge in [0.2, 0.25) is 0 Å². The Morgan fingerprint density at radius 2 is 1.27 bits per heavy atom. The molecule has 2 saturated heterocycles. The molecule has 1 nitrogen and oxygen atoms in total. The number of rotatable bonds is 1. The maximum atomic E-state index is 2.85. The van der Waals surface area contributed by atoms with E-state index >= 15 is 0 Å². The lowest BCUT2D eigenvalue weighted by atomic mass is 10.0. The minimum atomic E-state index is -0.680. The molecule has 2 aliphatic heterocycles. The van der Waals surface area contributed by atoms with Crippen molar-refractivity contribution in [1.82, 2.24) is 4.67 Å². The van der Waals surface area contributed by atoms with Gasteiger partial charge in [-0.25, -0.2) is 0 Å². The molecule has 0 saturated carbocycles. The Morgan fingerprint density at radius 3 is 1.45 bits per heavy atom. The molecule has 0 atom stereocenters. The maximum absolute atomic E-state index is 2.85. The van der Waals surface area contributed by atoms with Crippen LogP contribution in [0.3, 0.4) is 0 Å². The van der Waals surface area contributed by atoms with Crippen molar-refractivity contribution in [2.75, 3.05) is 20.0 Å². The molecular weight excluding hydrogens is 153 g/mol. The van der Waals surface area contributed by atoms with E-state index in [0.29, 0.717) is 0 Å². The van der Waals surface area contributed by atoms with E-state index < -0.39 is 7.41 Å². The van der Waals surface area contributed by atoms with Crippen LogP contribution >= 0.6 is 7.41 Å². The van der Waals surface area contributed by atoms with Crippen LogP contribution in [-0.4, -0.2) is 36.7 Å². The topological polar surface area (TPSA) is 3.24 Å². The highest BCUT2D eigenvalue weighted by Gasteiger charge is 2.49. The molecule has 0 aliphatic carbocycles. The predicted molar refractivity (Wildman–Crippen MR) is 52.6 cm³/mol. The summed E-state index contributed by atoms with van der Waals surface area (Å²) in [5.74, 6) is 0. The average Bonchev–Trinajstić information content (AvgIpc) is 2.40. The summed E-state index contributed by atoms with van der Waals surface area (Å²) in [5, 5.41) is 0. The number of hydrogen-bond acceptors (Lipinski definition) is 1. The van der Waals surface area contributed by atoms with Crippen LogP contribution in [0.25, 0.3) is 0 Å². The predicted octanol–water partition coefficient (Wildman–Crippen LogP) is 2.44. The van der Waals surface area contributed by atoms with Gasteiger partial charge in [-0.3, -0.25) is 0 Å². The maximum Gasteiger partial charge on any atom is 0.0748 e. The van der Waals surface area contributed by atoms with Gasteiger partial charge in [-0.1, -0.05) is 0 Å². The molecule has 0 amide bonds. The van der Waals surface area contributed by atoms with Crippen molar-refractivity contribution in [2.45, 2.75) is 37.8 Å². The first kappa shape index (κ1) is 8.01. The van der Waals surface area contributed by atoms with Gasteiger partial charge in [-0.2, -0.15) is 4.67 Å². The number of nitrogens with zero attached hydrogens (tertiary/aromatic N) is 1. The van der Waals surface area contributed by atoms with Crippen molar-refractivity contribution in [3.05, 3.63) is 0 Å². The Hall–Kier alpha value is 0.390. The summed E-state index contributed by atoms with van der Waals surface area (Å²) in [6.07, 6.45) is 5.95. The molecule has 2 fully saturated rings. The van der Waals surface area contributed by atoms with Crippen LogP contribution in [0, 0.1) is 0 Å². The van der Waals surface area contributed by atoms with E-state index in [-0.39, 0.29) is 0 Å². The lowest BCUT2D eigenvalue weighted by Gasteiger charge is -2.28. The normalized spacial score (nSPS) is 38.5. The summed E-state index contributed by atoms with van der Waals surface area (Å²) in [4.78, 5) is 0. The molecule has 2 aliphatic rings. The van der Waals surface area contributed by atoms with Crippen LogP contribution in [0.4, 0.5) is 0 Å². The summed E-state index contributed by atoms with van der Waals surface area (Å²) in [7, 11) is -0.680. The van der Waals surface area contributed by atoms with Gasteiger partial charge in [0.1, 0.15) is 0 Å². The van der Waals surface area contributed by atoms with Crippen molar-refractivity contribution in [3.63, 3.8) is 0 Å². The van der Waals surface area contributed by atoms with Crippen LogP contribution in [0.5, 0.6) is 0 Å². The first-order valence-corrected chi connectivity index (χ1v) is 7.77. The molecule has 0 radical (unpaired) electrons. The molecule has 0 unspecified atom stereocenters. The minimum Gasteiger partial charge on any atom is -0.175 e. The molecule has 64 valence electrons. The van der Waals surface area contributed by atoms with Crippen LogP contribution in [-0.2, 0) is 0 Å². The van der Waals surface area contributed by atoms with E-state index in [1.54, 1.807) is 0 Å². The number of fused-ring (bicyclic) bond motifs is 2. The third-order valence-corrected chi connectivity index (χ3v) is 5.15. The lowest BCUT2D eigenvalue weighted by Crippen LogP contribution is -2.27. The monoisotopic (exact) mass is 172 g/mol. The zero-order valence-electron chi connectivity index (χ0n) is 7.88. The zero-order chi connectivity index (χ0) is 8.06. The molecule has 2 bridgehead atoms. The van der Waals surface area contributed by atoms with Crippen LogP contribution in [0.1, 0.15) is 25.7 Å². The third-order valence-electron chi connectivity index (χ3n) is 3.11. The molecule has 2 heteroatoms. The highest BCUT2D eigenvalue weighted by atomic mass is 31.2. The van der Waals surface area contributed by atoms with Crippen molar-refractivity contribution >= 4 is 7.41 Å². The SMILES string of the molecule is C[P+](C)(C)N1C2CCC1CC2. The largest absolute Gasteiger partial charge is 0.175 e. The molecule has 2 rings (SSSR count). The van der Waals surface area contributed by atoms with E-state index in [0.717, 1.165) is 12.1 Å². The highest BCUT2D eigenvalue weighted by molar-refractivity contribution is 7.71. The van der Waals surface area contributed by atoms with Gasteiger partial charge in [-0.15, -0.1) is 0 Å². The van der Waals surface area contributed by atoms with Gasteiger partial charge in [0.15, 0.2) is 0 Å². The van der Waals surface area contributed by atoms with Crippen LogP contribution in [0.15, 0.2) is 0 Å². The van der Waals surface area contributed by atoms with Gasteiger partial charge in [0.25, 0.3) is 0 Å². The summed E-state index contributed by atoms with van der Waals surface area (Å²) < 4.78 is 2.85. The fourth-order valence-electron chi connectivity index (χ4n) is 2.87. The molecule has 0 aromatic rings. The second-order valence-electron chi connectivity index (χ2n) is 4.78. The van der Waals surface area contributed by atoms with E-state index in [9.17, 15) is 0 Å². The lowest BCUT2D eigenvalue weighted by molar-refractivity contribution is 0.433. The average molecular weight is 172 g/mol. The second-order valence-corrected chi connectivity index (χ2v) is 9.13. The first-order chi connectivity index (χ1) is 5.09. The van der Waals surface area contributed by atoms with Crippen molar-refractivity contribution in [2.24, 2.45) is 0 Å². The zero-order valence-corrected chi connectivity index (χ0v) is 8.77. The van der Waals surface area contributed by atoms with Crippen LogP contribution < -0.4 is 0 Å². The Bertz CT molecular complexity index is 141. The Labute approximate surface area is 70.5 Å². The Kier molecular flexibility index (Phi) is 1.77. The molecule has 2 heterocycles. The summed E-state index contributed by atoms with van der Waals surface area (Å²) in [6.45, 7) is 7.39. The van der Waals surface area contributed by atoms with Gasteiger partial charge in [0.05, 0.1) is 27.4 Å². The Balaban J connectivity index is 2.16. The smallest absolute Gasteiger partial charge is 0.0748 e. The van der Waals surface area contributed by atoms with Gasteiger partial charge >= 0.3 is 0 Å². The van der Waals surface area contributed by atoms with E-state index in [2.05, 4.69) is 24.7 Å². The number of hydrogen-bond donors (Lipinski definition) is 0. The fourth-order valence-corrected chi connectivity index (χ4v) is 5.29. The second kappa shape index (κ2) is 2.44. The van der Waals surface area contributed by atoms with Gasteiger partial charge < -0.3 is 0 Å². The third kappa shape index (κ3) is 1.23. The molecule has 0 aromatic heterocycles. The molecule has 0 N–H and O–H groups in total. The van der Waals surface area contributed by atoms with Gasteiger partial charge in [-0.05, 0) is 25.7 Å². The Morgan fingerprint density at radius 1 is 0.909 bits per heavy atom. The van der Waals surface area contributed by atoms with Crippen molar-refractivity contribution in [3.8, 4) is 0 Å². The summed E-state index contributed by atoms with van der Waals surface area (Å²) >= 11 is 0. The van der Waals surface area contributed by atoms with Crippen molar-refractivity contribution < 1.29 is 0 Å². The van der Waals surface area contributed by atoms with Crippen LogP contribution in [0.2, 0.25) is 0 Å². The molecule has 0 aromatic carbocycles. The molecular formula is C9H19NP+. The van der Waals surface area contributed by atoms with E-state index in [1.807, 2.05) is 0 Å². The fraction of sp³-hybridized carbons (Fsp3) is 1.00. The highest BCUT2D eigenvalue weighted by Crippen LogP contribution is 2.60. The van der Waals surface area contributed by atoms with E-state index in [1.165, 1.54) is 25.7 Å². The summed E-state index contributed by atoms with van der Waals surface area (Å²) in [6, 6.07) is 1.96.